The van der Waals surface area contributed by atoms with Crippen molar-refractivity contribution < 1.29 is 14.6 Å². The number of rotatable bonds is 4. The largest absolute Gasteiger partial charge is 0.467 e. The first-order valence-corrected chi connectivity index (χ1v) is 5.68. The van der Waals surface area contributed by atoms with Crippen LogP contribution in [0.15, 0.2) is 16.7 Å². The maximum absolute atomic E-state index is 11.1. The lowest BCUT2D eigenvalue weighted by atomic mass is 10.2. The van der Waals surface area contributed by atoms with Gasteiger partial charge in [-0.25, -0.2) is 9.78 Å². The fourth-order valence-electron chi connectivity index (χ4n) is 1.21. The van der Waals surface area contributed by atoms with E-state index in [-0.39, 0.29) is 5.82 Å². The van der Waals surface area contributed by atoms with Crippen LogP contribution in [0.3, 0.4) is 0 Å². The molecule has 1 heterocycles. The summed E-state index contributed by atoms with van der Waals surface area (Å²) < 4.78 is 5.18. The third-order valence-corrected chi connectivity index (χ3v) is 2.62. The van der Waals surface area contributed by atoms with Gasteiger partial charge in [0.15, 0.2) is 6.10 Å². The first-order valence-electron chi connectivity index (χ1n) is 4.89. The van der Waals surface area contributed by atoms with Gasteiger partial charge in [0, 0.05) is 10.7 Å². The second kappa shape index (κ2) is 5.83. The molecule has 1 aromatic rings. The van der Waals surface area contributed by atoms with Crippen LogP contribution in [0.1, 0.15) is 6.92 Å². The Morgan fingerprint density at radius 1 is 1.71 bits per heavy atom. The van der Waals surface area contributed by atoms with E-state index in [2.05, 4.69) is 31.0 Å². The highest BCUT2D eigenvalue weighted by Crippen LogP contribution is 2.21. The summed E-state index contributed by atoms with van der Waals surface area (Å²) in [7, 11) is 1.22. The van der Waals surface area contributed by atoms with Crippen LogP contribution in [-0.2, 0) is 9.53 Å². The van der Waals surface area contributed by atoms with Crippen LogP contribution in [0.5, 0.6) is 0 Å². The van der Waals surface area contributed by atoms with Gasteiger partial charge in [0.2, 0.25) is 0 Å². The van der Waals surface area contributed by atoms with E-state index in [0.29, 0.717) is 5.69 Å². The molecule has 0 spiro atoms. The zero-order chi connectivity index (χ0) is 13.0. The number of carbonyl (C=O) groups is 1. The Hall–Kier alpha value is -1.34. The quantitative estimate of drug-likeness (QED) is 0.711. The van der Waals surface area contributed by atoms with Crippen LogP contribution in [0.4, 0.5) is 11.5 Å². The zero-order valence-electron chi connectivity index (χ0n) is 9.48. The lowest BCUT2D eigenvalue weighted by molar-refractivity contribution is -0.150. The van der Waals surface area contributed by atoms with Crippen LogP contribution < -0.4 is 11.1 Å². The first-order chi connectivity index (χ1) is 7.95. The summed E-state index contributed by atoms with van der Waals surface area (Å²) in [6.07, 6.45) is 0.292. The highest BCUT2D eigenvalue weighted by atomic mass is 79.9. The van der Waals surface area contributed by atoms with Gasteiger partial charge in [0.1, 0.15) is 5.82 Å². The van der Waals surface area contributed by atoms with E-state index < -0.39 is 18.1 Å². The Bertz CT molecular complexity index is 414. The van der Waals surface area contributed by atoms with E-state index >= 15 is 0 Å². The van der Waals surface area contributed by atoms with Crippen molar-refractivity contribution in [2.75, 3.05) is 18.2 Å². The fraction of sp³-hybridized carbons (Fsp3) is 0.400. The summed E-state index contributed by atoms with van der Waals surface area (Å²) >= 11 is 3.25. The van der Waals surface area contributed by atoms with E-state index in [4.69, 9.17) is 5.73 Å². The molecule has 0 aromatic carbocycles. The number of methoxy groups -OCH3 is 1. The molecule has 0 radical (unpaired) electrons. The number of carbonyl (C=O) groups excluding carboxylic acids is 1. The van der Waals surface area contributed by atoms with E-state index in [0.717, 1.165) is 4.47 Å². The molecule has 0 aliphatic carbocycles. The first kappa shape index (κ1) is 13.7. The van der Waals surface area contributed by atoms with Gasteiger partial charge in [-0.1, -0.05) is 0 Å². The Morgan fingerprint density at radius 2 is 2.35 bits per heavy atom. The summed E-state index contributed by atoms with van der Waals surface area (Å²) in [4.78, 5) is 15.1. The molecular formula is C10H14BrN3O3. The molecule has 0 fully saturated rings. The molecule has 0 saturated carbocycles. The van der Waals surface area contributed by atoms with E-state index in [1.165, 1.54) is 7.11 Å². The maximum Gasteiger partial charge on any atom is 0.336 e. The van der Waals surface area contributed by atoms with E-state index in [9.17, 15) is 9.90 Å². The van der Waals surface area contributed by atoms with Gasteiger partial charge in [-0.15, -0.1) is 0 Å². The Kier molecular flexibility index (Phi) is 4.71. The summed E-state index contributed by atoms with van der Waals surface area (Å²) in [6, 6.07) is 1.17. The van der Waals surface area contributed by atoms with Crippen molar-refractivity contribution in [3.63, 3.8) is 0 Å². The number of nitrogens with two attached hydrogens (primary N) is 1. The van der Waals surface area contributed by atoms with Crippen LogP contribution in [0, 0.1) is 0 Å². The van der Waals surface area contributed by atoms with Crippen molar-refractivity contribution >= 4 is 33.4 Å². The SMILES string of the molecule is COC(=O)[C@@H](O)[C@@H](C)Nc1cc(Br)cnc1N. The highest BCUT2D eigenvalue weighted by molar-refractivity contribution is 9.10. The molecule has 0 amide bonds. The molecule has 0 unspecified atom stereocenters. The Balaban J connectivity index is 2.77. The molecule has 4 N–H and O–H groups in total. The number of nitrogens with one attached hydrogen (secondary N) is 1. The van der Waals surface area contributed by atoms with Crippen LogP contribution >= 0.6 is 15.9 Å². The van der Waals surface area contributed by atoms with E-state index in [1.54, 1.807) is 19.2 Å². The molecule has 7 heteroatoms. The molecule has 1 rings (SSSR count). The number of esters is 1. The molecule has 0 aliphatic rings. The fourth-order valence-corrected chi connectivity index (χ4v) is 1.55. The maximum atomic E-state index is 11.1. The molecular weight excluding hydrogens is 290 g/mol. The number of pyridine rings is 1. The molecule has 1 aromatic heterocycles. The predicted molar refractivity (Wildman–Crippen MR) is 67.5 cm³/mol. The molecule has 2 atom stereocenters. The third kappa shape index (κ3) is 3.57. The highest BCUT2D eigenvalue weighted by Gasteiger charge is 2.23. The molecule has 0 aliphatic heterocycles. The van der Waals surface area contributed by atoms with E-state index in [1.807, 2.05) is 0 Å². The van der Waals surface area contributed by atoms with Gasteiger partial charge in [0.05, 0.1) is 18.8 Å². The second-order valence-corrected chi connectivity index (χ2v) is 4.40. The van der Waals surface area contributed by atoms with Crippen molar-refractivity contribution in [3.05, 3.63) is 16.7 Å². The van der Waals surface area contributed by atoms with Gasteiger partial charge in [-0.3, -0.25) is 0 Å². The number of aliphatic hydroxyl groups excluding tert-OH is 1. The average molecular weight is 304 g/mol. The second-order valence-electron chi connectivity index (χ2n) is 3.49. The minimum atomic E-state index is -1.27. The predicted octanol–water partition coefficient (Wildman–Crippen LogP) is 0.761. The zero-order valence-corrected chi connectivity index (χ0v) is 11.1. The van der Waals surface area contributed by atoms with Crippen LogP contribution in [-0.4, -0.2) is 35.3 Å². The smallest absolute Gasteiger partial charge is 0.336 e. The lowest BCUT2D eigenvalue weighted by Gasteiger charge is -2.20. The number of hydrogen-bond acceptors (Lipinski definition) is 6. The van der Waals surface area contributed by atoms with Crippen LogP contribution in [0.2, 0.25) is 0 Å². The number of ether oxygens (including phenoxy) is 1. The summed E-state index contributed by atoms with van der Waals surface area (Å²) in [5.74, 6) is -0.413. The van der Waals surface area contributed by atoms with Crippen molar-refractivity contribution in [2.24, 2.45) is 0 Å². The number of nitrogen functional groups attached to an aromatic ring is 1. The minimum Gasteiger partial charge on any atom is -0.467 e. The van der Waals surface area contributed by atoms with Gasteiger partial charge >= 0.3 is 5.97 Å². The minimum absolute atomic E-state index is 0.289. The number of aliphatic hydroxyl groups is 1. The normalized spacial score (nSPS) is 13.9. The van der Waals surface area contributed by atoms with Crippen molar-refractivity contribution in [2.45, 2.75) is 19.1 Å². The molecule has 0 saturated heterocycles. The monoisotopic (exact) mass is 303 g/mol. The van der Waals surface area contributed by atoms with Gasteiger partial charge in [-0.05, 0) is 28.9 Å². The standard InChI is InChI=1S/C10H14BrN3O3/c1-5(8(15)10(16)17-2)14-7-3-6(11)4-13-9(7)12/h3-5,8,14-15H,1-2H3,(H2,12,13)/t5-,8+/m1/s1. The number of hydrogen-bond donors (Lipinski definition) is 3. The summed E-state index contributed by atoms with van der Waals surface area (Å²) in [5, 5.41) is 12.5. The summed E-state index contributed by atoms with van der Waals surface area (Å²) in [5.41, 5.74) is 6.19. The molecule has 17 heavy (non-hydrogen) atoms. The third-order valence-electron chi connectivity index (χ3n) is 2.18. The number of anilines is 2. The average Bonchev–Trinajstić information content (AvgIpc) is 2.31. The van der Waals surface area contributed by atoms with Crippen molar-refractivity contribution in [3.8, 4) is 0 Å². The number of aromatic nitrogens is 1. The topological polar surface area (TPSA) is 97.5 Å². The van der Waals surface area contributed by atoms with Crippen molar-refractivity contribution in [1.29, 1.82) is 0 Å². The molecule has 6 nitrogen and oxygen atoms in total. The van der Waals surface area contributed by atoms with Crippen LogP contribution in [0.25, 0.3) is 0 Å². The number of nitrogens with zero attached hydrogens (tertiary/aromatic N) is 1. The van der Waals surface area contributed by atoms with Gasteiger partial charge < -0.3 is 20.9 Å². The Morgan fingerprint density at radius 3 is 2.94 bits per heavy atom. The van der Waals surface area contributed by atoms with Crippen molar-refractivity contribution in [1.82, 2.24) is 4.98 Å². The molecule has 94 valence electrons. The van der Waals surface area contributed by atoms with Gasteiger partial charge in [0.25, 0.3) is 0 Å². The van der Waals surface area contributed by atoms with Gasteiger partial charge in [-0.2, -0.15) is 0 Å². The Labute approximate surface area is 107 Å². The summed E-state index contributed by atoms with van der Waals surface area (Å²) in [6.45, 7) is 1.64. The lowest BCUT2D eigenvalue weighted by Crippen LogP contribution is -2.38. The molecule has 0 bridgehead atoms. The number of halogens is 1.